The monoisotopic (exact) mass is 658 g/mol. The van der Waals surface area contributed by atoms with Gasteiger partial charge in [-0.15, -0.1) is 13.2 Å². The molecule has 0 radical (unpaired) electrons. The molecule has 2 atom stereocenters. The summed E-state index contributed by atoms with van der Waals surface area (Å²) in [7, 11) is 8.03. The number of ether oxygens (including phenoxy) is 2. The van der Waals surface area contributed by atoms with Crippen molar-refractivity contribution < 1.29 is 19.1 Å². The van der Waals surface area contributed by atoms with Crippen LogP contribution >= 0.6 is 0 Å². The van der Waals surface area contributed by atoms with Crippen LogP contribution in [0.25, 0.3) is 0 Å². The third-order valence-electron chi connectivity index (χ3n) is 10.3. The second-order valence-electron chi connectivity index (χ2n) is 13.7. The number of hydrogen-bond acceptors (Lipinski definition) is 8. The van der Waals surface area contributed by atoms with Crippen molar-refractivity contribution in [3.63, 3.8) is 0 Å². The minimum Gasteiger partial charge on any atom is -0.379 e. The highest BCUT2D eigenvalue weighted by molar-refractivity contribution is 6.04. The predicted molar refractivity (Wildman–Crippen MR) is 198 cm³/mol. The van der Waals surface area contributed by atoms with E-state index in [9.17, 15) is 9.59 Å². The Labute approximate surface area is 289 Å². The zero-order chi connectivity index (χ0) is 34.6. The Hall–Kier alpha value is -3.30. The lowest BCUT2D eigenvalue weighted by atomic mass is 9.78. The van der Waals surface area contributed by atoms with Crippen molar-refractivity contribution >= 4 is 22.9 Å². The average Bonchev–Trinajstić information content (AvgIpc) is 3.12. The van der Waals surface area contributed by atoms with Gasteiger partial charge in [-0.25, -0.2) is 0 Å². The summed E-state index contributed by atoms with van der Waals surface area (Å²) in [5, 5.41) is 0. The first-order valence-electron chi connectivity index (χ1n) is 17.7. The number of rotatable bonds is 19. The second-order valence-corrected chi connectivity index (χ2v) is 13.7. The maximum atomic E-state index is 14.4. The first kappa shape index (κ1) is 37.5. The van der Waals surface area contributed by atoms with Crippen LogP contribution in [0.15, 0.2) is 73.8 Å². The highest BCUT2D eigenvalue weighted by atomic mass is 16.5. The molecule has 4 rings (SSSR count). The molecule has 0 aromatic heterocycles. The molecule has 0 spiro atoms. The lowest BCUT2D eigenvalue weighted by Crippen LogP contribution is -2.58. The number of unbranched alkanes of at least 4 members (excludes halogenated alkanes) is 3. The lowest BCUT2D eigenvalue weighted by Gasteiger charge is -2.45. The van der Waals surface area contributed by atoms with E-state index in [4.69, 9.17) is 9.47 Å². The summed E-state index contributed by atoms with van der Waals surface area (Å²) in [5.41, 5.74) is 2.32. The standard InChI is InChI=1S/C40H58N4O4/c1-7-21-39(43-25-29-47-30-26-43,37(45)33-13-17-35(18-14-33)41(3)4)23-11-9-10-12-24-40(22-8-2,44-27-31-48-32-28-44)38(46)34-15-19-36(20-16-34)42(5)6/h7-8,13-20H,1-2,9-12,21-32H2,3-6H3. The van der Waals surface area contributed by atoms with Gasteiger partial charge in [-0.3, -0.25) is 19.4 Å². The van der Waals surface area contributed by atoms with Crippen LogP contribution in [-0.4, -0.2) is 113 Å². The van der Waals surface area contributed by atoms with Gasteiger partial charge in [0.05, 0.1) is 37.5 Å². The molecule has 0 amide bonds. The molecule has 2 unspecified atom stereocenters. The van der Waals surface area contributed by atoms with Crippen molar-refractivity contribution in [1.29, 1.82) is 0 Å². The molecule has 0 N–H and O–H groups in total. The summed E-state index contributed by atoms with van der Waals surface area (Å²) >= 11 is 0. The third-order valence-corrected chi connectivity index (χ3v) is 10.3. The lowest BCUT2D eigenvalue weighted by molar-refractivity contribution is -0.0188. The van der Waals surface area contributed by atoms with Crippen LogP contribution < -0.4 is 9.80 Å². The van der Waals surface area contributed by atoms with Crippen LogP contribution in [0.4, 0.5) is 11.4 Å². The molecule has 2 aliphatic rings. The molecule has 0 aliphatic carbocycles. The van der Waals surface area contributed by atoms with Crippen LogP contribution in [0, 0.1) is 0 Å². The van der Waals surface area contributed by atoms with Gasteiger partial charge in [0, 0.05) is 76.9 Å². The Balaban J connectivity index is 1.48. The van der Waals surface area contributed by atoms with Gasteiger partial charge in [0.15, 0.2) is 11.6 Å². The smallest absolute Gasteiger partial charge is 0.183 e. The maximum Gasteiger partial charge on any atom is 0.183 e. The minimum atomic E-state index is -0.653. The van der Waals surface area contributed by atoms with E-state index in [1.54, 1.807) is 0 Å². The largest absolute Gasteiger partial charge is 0.379 e. The Kier molecular flexibility index (Phi) is 14.0. The highest BCUT2D eigenvalue weighted by Crippen LogP contribution is 2.35. The molecule has 2 aromatic carbocycles. The van der Waals surface area contributed by atoms with E-state index in [1.807, 2.05) is 98.7 Å². The minimum absolute atomic E-state index is 0.165. The Bertz CT molecular complexity index is 1230. The molecule has 2 heterocycles. The number of anilines is 2. The summed E-state index contributed by atoms with van der Waals surface area (Å²) in [6.07, 6.45) is 10.3. The van der Waals surface area contributed by atoms with Crippen LogP contribution in [0.5, 0.6) is 0 Å². The summed E-state index contributed by atoms with van der Waals surface area (Å²) in [5.74, 6) is 0.329. The van der Waals surface area contributed by atoms with Crippen molar-refractivity contribution in [1.82, 2.24) is 9.80 Å². The molecule has 8 nitrogen and oxygen atoms in total. The normalized spacial score (nSPS) is 18.3. The number of carbonyl (C=O) groups is 2. The molecule has 2 saturated heterocycles. The quantitative estimate of drug-likeness (QED) is 0.0961. The van der Waals surface area contributed by atoms with E-state index >= 15 is 0 Å². The summed E-state index contributed by atoms with van der Waals surface area (Å²) in [6.45, 7) is 13.6. The fraction of sp³-hybridized carbons (Fsp3) is 0.550. The maximum absolute atomic E-state index is 14.4. The number of Topliss-reactive ketones (excluding diaryl/α,β-unsaturated/α-hetero) is 2. The van der Waals surface area contributed by atoms with Crippen LogP contribution in [0.1, 0.15) is 72.1 Å². The fourth-order valence-electron chi connectivity index (χ4n) is 7.49. The number of ketones is 2. The topological polar surface area (TPSA) is 65.6 Å². The first-order valence-corrected chi connectivity index (χ1v) is 17.7. The van der Waals surface area contributed by atoms with Gasteiger partial charge in [0.2, 0.25) is 0 Å². The number of morpholine rings is 2. The third kappa shape index (κ3) is 8.83. The molecule has 48 heavy (non-hydrogen) atoms. The highest BCUT2D eigenvalue weighted by Gasteiger charge is 2.44. The molecule has 0 saturated carbocycles. The van der Waals surface area contributed by atoms with Gasteiger partial charge in [0.1, 0.15) is 0 Å². The number of nitrogens with zero attached hydrogens (tertiary/aromatic N) is 4. The molecule has 8 heteroatoms. The van der Waals surface area contributed by atoms with Gasteiger partial charge in [0.25, 0.3) is 0 Å². The van der Waals surface area contributed by atoms with E-state index in [-0.39, 0.29) is 11.6 Å². The average molecular weight is 659 g/mol. The van der Waals surface area contributed by atoms with E-state index in [0.29, 0.717) is 39.3 Å². The molecule has 2 aliphatic heterocycles. The van der Waals surface area contributed by atoms with Crippen molar-refractivity contribution in [3.8, 4) is 0 Å². The number of carbonyl (C=O) groups excluding carboxylic acids is 2. The van der Waals surface area contributed by atoms with Gasteiger partial charge in [-0.1, -0.05) is 37.8 Å². The summed E-state index contributed by atoms with van der Waals surface area (Å²) in [4.78, 5) is 37.6. The van der Waals surface area contributed by atoms with E-state index < -0.39 is 11.1 Å². The Morgan fingerprint density at radius 1 is 0.625 bits per heavy atom. The predicted octanol–water partition coefficient (Wildman–Crippen LogP) is 6.52. The van der Waals surface area contributed by atoms with Crippen LogP contribution in [-0.2, 0) is 9.47 Å². The van der Waals surface area contributed by atoms with E-state index in [0.717, 1.165) is 87.2 Å². The van der Waals surface area contributed by atoms with Crippen molar-refractivity contribution in [2.75, 3.05) is 90.6 Å². The SMILES string of the molecule is C=CCC(CCCCCCC(CC=C)(C(=O)c1ccc(N(C)C)cc1)N1CCOCC1)(C(=O)c1ccc(N(C)C)cc1)N1CCOCC1. The summed E-state index contributed by atoms with van der Waals surface area (Å²) < 4.78 is 11.4. The number of hydrogen-bond donors (Lipinski definition) is 0. The van der Waals surface area contributed by atoms with Crippen LogP contribution in [0.2, 0.25) is 0 Å². The first-order chi connectivity index (χ1) is 23.2. The molecule has 2 aromatic rings. The van der Waals surface area contributed by atoms with Gasteiger partial charge in [-0.05, 0) is 74.2 Å². The van der Waals surface area contributed by atoms with Gasteiger partial charge in [-0.2, -0.15) is 0 Å². The number of benzene rings is 2. The molecular weight excluding hydrogens is 600 g/mol. The van der Waals surface area contributed by atoms with Crippen molar-refractivity contribution in [2.24, 2.45) is 0 Å². The molecule has 262 valence electrons. The Morgan fingerprint density at radius 3 is 1.25 bits per heavy atom. The molecular formula is C40H58N4O4. The summed E-state index contributed by atoms with van der Waals surface area (Å²) in [6, 6.07) is 15.9. The Morgan fingerprint density at radius 2 is 0.958 bits per heavy atom. The van der Waals surface area contributed by atoms with Crippen molar-refractivity contribution in [3.05, 3.63) is 85.0 Å². The second kappa shape index (κ2) is 17.9. The van der Waals surface area contributed by atoms with E-state index in [2.05, 4.69) is 23.0 Å². The van der Waals surface area contributed by atoms with E-state index in [1.165, 1.54) is 0 Å². The zero-order valence-corrected chi connectivity index (χ0v) is 29.9. The zero-order valence-electron chi connectivity index (χ0n) is 29.9. The molecule has 2 fully saturated rings. The van der Waals surface area contributed by atoms with Gasteiger partial charge >= 0.3 is 0 Å². The van der Waals surface area contributed by atoms with Gasteiger partial charge < -0.3 is 19.3 Å². The fourth-order valence-corrected chi connectivity index (χ4v) is 7.49. The van der Waals surface area contributed by atoms with Crippen molar-refractivity contribution in [2.45, 2.75) is 62.4 Å². The van der Waals surface area contributed by atoms with Crippen LogP contribution in [0.3, 0.4) is 0 Å². The molecule has 0 bridgehead atoms.